The zero-order valence-electron chi connectivity index (χ0n) is 18.0. The van der Waals surface area contributed by atoms with Crippen LogP contribution in [0.25, 0.3) is 6.08 Å². The number of rotatable bonds is 9. The van der Waals surface area contributed by atoms with Gasteiger partial charge in [-0.05, 0) is 46.8 Å². The lowest BCUT2D eigenvalue weighted by atomic mass is 10.1. The van der Waals surface area contributed by atoms with E-state index in [9.17, 15) is 4.79 Å². The topological polar surface area (TPSA) is 60.9 Å². The highest BCUT2D eigenvalue weighted by molar-refractivity contribution is 7.10. The molecule has 0 saturated carbocycles. The lowest BCUT2D eigenvalue weighted by Gasteiger charge is -2.22. The Balaban J connectivity index is 1.52. The van der Waals surface area contributed by atoms with E-state index in [1.54, 1.807) is 41.8 Å². The number of amides is 1. The first-order valence-electron chi connectivity index (χ1n) is 10.5. The van der Waals surface area contributed by atoms with E-state index in [0.717, 1.165) is 29.0 Å². The predicted octanol–water partition coefficient (Wildman–Crippen LogP) is 4.56. The molecule has 0 spiro atoms. The maximum atomic E-state index is 13.1. The lowest BCUT2D eigenvalue weighted by Crippen LogP contribution is -2.28. The van der Waals surface area contributed by atoms with Crippen LogP contribution in [0.4, 0.5) is 0 Å². The average Bonchev–Trinajstić information content (AvgIpc) is 3.53. The Morgan fingerprint density at radius 2 is 2.12 bits per heavy atom. The monoisotopic (exact) mass is 450 g/mol. The molecule has 0 N–H and O–H groups in total. The van der Waals surface area contributed by atoms with Crippen molar-refractivity contribution in [3.05, 3.63) is 82.3 Å². The van der Waals surface area contributed by atoms with Gasteiger partial charge in [-0.25, -0.2) is 0 Å². The van der Waals surface area contributed by atoms with E-state index in [1.165, 1.54) is 0 Å². The van der Waals surface area contributed by atoms with Crippen LogP contribution in [0, 0.1) is 0 Å². The molecule has 0 aliphatic carbocycles. The number of pyridine rings is 1. The SMILES string of the molecule is COc1cc(CN(Cc2cccnc2)C(=O)C=Cc2cccs2)ccc1OC1CCOC1. The lowest BCUT2D eigenvalue weighted by molar-refractivity contribution is -0.127. The number of hydrogen-bond donors (Lipinski definition) is 0. The van der Waals surface area contributed by atoms with Gasteiger partial charge >= 0.3 is 0 Å². The zero-order valence-corrected chi connectivity index (χ0v) is 18.8. The van der Waals surface area contributed by atoms with Crippen molar-refractivity contribution in [3.8, 4) is 11.5 Å². The zero-order chi connectivity index (χ0) is 22.2. The molecule has 1 amide bonds. The molecule has 1 aromatic carbocycles. The normalized spacial score (nSPS) is 15.7. The Kier molecular flexibility index (Phi) is 7.53. The van der Waals surface area contributed by atoms with E-state index >= 15 is 0 Å². The summed E-state index contributed by atoms with van der Waals surface area (Å²) < 4.78 is 17.0. The Hall–Kier alpha value is -3.16. The van der Waals surface area contributed by atoms with Crippen LogP contribution in [0.15, 0.2) is 66.3 Å². The van der Waals surface area contributed by atoms with Crippen LogP contribution >= 0.6 is 11.3 Å². The van der Waals surface area contributed by atoms with Crippen LogP contribution in [0.2, 0.25) is 0 Å². The summed E-state index contributed by atoms with van der Waals surface area (Å²) in [6.45, 7) is 2.21. The van der Waals surface area contributed by atoms with Crippen molar-refractivity contribution in [3.63, 3.8) is 0 Å². The summed E-state index contributed by atoms with van der Waals surface area (Å²) >= 11 is 1.60. The fourth-order valence-corrected chi connectivity index (χ4v) is 4.10. The molecule has 7 heteroatoms. The highest BCUT2D eigenvalue weighted by Crippen LogP contribution is 2.31. The number of benzene rings is 1. The molecule has 166 valence electrons. The van der Waals surface area contributed by atoms with Crippen LogP contribution < -0.4 is 9.47 Å². The van der Waals surface area contributed by atoms with Crippen molar-refractivity contribution in [2.24, 2.45) is 0 Å². The largest absolute Gasteiger partial charge is 0.493 e. The Morgan fingerprint density at radius 1 is 1.22 bits per heavy atom. The third kappa shape index (κ3) is 5.96. The second-order valence-electron chi connectivity index (χ2n) is 7.49. The number of thiophene rings is 1. The molecule has 6 nitrogen and oxygen atoms in total. The van der Waals surface area contributed by atoms with Crippen molar-refractivity contribution in [1.82, 2.24) is 9.88 Å². The first-order valence-corrected chi connectivity index (χ1v) is 11.4. The molecule has 1 fully saturated rings. The highest BCUT2D eigenvalue weighted by Gasteiger charge is 2.20. The molecular weight excluding hydrogens is 424 g/mol. The van der Waals surface area contributed by atoms with Crippen molar-refractivity contribution < 1.29 is 19.0 Å². The maximum absolute atomic E-state index is 13.1. The predicted molar refractivity (Wildman–Crippen MR) is 125 cm³/mol. The number of carbonyl (C=O) groups is 1. The summed E-state index contributed by atoms with van der Waals surface area (Å²) in [4.78, 5) is 20.1. The molecule has 3 aromatic rings. The first-order chi connectivity index (χ1) is 15.7. The van der Waals surface area contributed by atoms with Crippen LogP contribution in [0.1, 0.15) is 22.4 Å². The van der Waals surface area contributed by atoms with Gasteiger partial charge in [0.05, 0.1) is 20.3 Å². The van der Waals surface area contributed by atoms with E-state index in [0.29, 0.717) is 31.2 Å². The molecule has 3 heterocycles. The number of carbonyl (C=O) groups excluding carboxylic acids is 1. The molecule has 1 unspecified atom stereocenters. The summed E-state index contributed by atoms with van der Waals surface area (Å²) in [7, 11) is 1.62. The Labute approximate surface area is 192 Å². The molecule has 1 aliphatic rings. The van der Waals surface area contributed by atoms with Crippen molar-refractivity contribution >= 4 is 23.3 Å². The summed E-state index contributed by atoms with van der Waals surface area (Å²) in [5.41, 5.74) is 1.93. The summed E-state index contributed by atoms with van der Waals surface area (Å²) in [6.07, 6.45) is 7.90. The van der Waals surface area contributed by atoms with Crippen LogP contribution in [0.3, 0.4) is 0 Å². The fourth-order valence-electron chi connectivity index (χ4n) is 3.48. The van der Waals surface area contributed by atoms with Gasteiger partial charge in [-0.1, -0.05) is 18.2 Å². The highest BCUT2D eigenvalue weighted by atomic mass is 32.1. The van der Waals surface area contributed by atoms with E-state index in [2.05, 4.69) is 4.98 Å². The van der Waals surface area contributed by atoms with Gasteiger partial charge in [0.2, 0.25) is 5.91 Å². The Morgan fingerprint density at radius 3 is 2.84 bits per heavy atom. The van der Waals surface area contributed by atoms with Gasteiger partial charge in [0.25, 0.3) is 0 Å². The van der Waals surface area contributed by atoms with Crippen LogP contribution in [-0.2, 0) is 22.6 Å². The van der Waals surface area contributed by atoms with Crippen LogP contribution in [0.5, 0.6) is 11.5 Å². The number of aromatic nitrogens is 1. The van der Waals surface area contributed by atoms with Gasteiger partial charge in [-0.2, -0.15) is 0 Å². The second kappa shape index (κ2) is 10.9. The third-order valence-corrected chi connectivity index (χ3v) is 5.96. The minimum Gasteiger partial charge on any atom is -0.493 e. The van der Waals surface area contributed by atoms with Gasteiger partial charge in [0, 0.05) is 42.9 Å². The van der Waals surface area contributed by atoms with E-state index < -0.39 is 0 Å². The van der Waals surface area contributed by atoms with E-state index in [1.807, 2.05) is 53.9 Å². The van der Waals surface area contributed by atoms with E-state index in [4.69, 9.17) is 14.2 Å². The minimum absolute atomic E-state index is 0.0424. The van der Waals surface area contributed by atoms with Crippen LogP contribution in [-0.4, -0.2) is 42.2 Å². The van der Waals surface area contributed by atoms with Gasteiger partial charge in [0.15, 0.2) is 11.5 Å². The molecule has 0 radical (unpaired) electrons. The minimum atomic E-state index is -0.0651. The molecule has 1 aliphatic heterocycles. The van der Waals surface area contributed by atoms with Crippen molar-refractivity contribution in [2.45, 2.75) is 25.6 Å². The number of nitrogens with zero attached hydrogens (tertiary/aromatic N) is 2. The Bertz CT molecular complexity index is 1030. The smallest absolute Gasteiger partial charge is 0.247 e. The van der Waals surface area contributed by atoms with E-state index in [-0.39, 0.29) is 12.0 Å². The second-order valence-corrected chi connectivity index (χ2v) is 8.47. The van der Waals surface area contributed by atoms with Gasteiger partial charge < -0.3 is 19.1 Å². The standard InChI is InChI=1S/C25H26N2O4S/c1-29-24-14-19(6-8-23(24)31-21-10-12-30-18-21)16-27(17-20-4-2-11-26-15-20)25(28)9-7-22-5-3-13-32-22/h2-9,11,13-15,21H,10,12,16-18H2,1H3. The fraction of sp³-hybridized carbons (Fsp3) is 0.280. The number of methoxy groups -OCH3 is 1. The summed E-state index contributed by atoms with van der Waals surface area (Å²) in [5.74, 6) is 1.27. The van der Waals surface area contributed by atoms with Gasteiger partial charge in [-0.15, -0.1) is 11.3 Å². The quantitative estimate of drug-likeness (QED) is 0.447. The molecule has 4 rings (SSSR count). The summed E-state index contributed by atoms with van der Waals surface area (Å²) in [5, 5.41) is 1.99. The molecule has 1 atom stereocenters. The molecule has 1 saturated heterocycles. The molecule has 2 aromatic heterocycles. The maximum Gasteiger partial charge on any atom is 0.247 e. The van der Waals surface area contributed by atoms with Gasteiger partial charge in [0.1, 0.15) is 6.10 Å². The third-order valence-electron chi connectivity index (χ3n) is 5.12. The van der Waals surface area contributed by atoms with Crippen molar-refractivity contribution in [2.75, 3.05) is 20.3 Å². The average molecular weight is 451 g/mol. The first kappa shape index (κ1) is 22.0. The van der Waals surface area contributed by atoms with Gasteiger partial charge in [-0.3, -0.25) is 9.78 Å². The number of ether oxygens (including phenoxy) is 3. The molecule has 32 heavy (non-hydrogen) atoms. The molecular formula is C25H26N2O4S. The summed E-state index contributed by atoms with van der Waals surface area (Å²) in [6, 6.07) is 13.6. The van der Waals surface area contributed by atoms with Crippen molar-refractivity contribution in [1.29, 1.82) is 0 Å². The molecule has 0 bridgehead atoms. The number of hydrogen-bond acceptors (Lipinski definition) is 6.